The monoisotopic (exact) mass is 248 g/mol. The Labute approximate surface area is 105 Å². The molecule has 1 nitrogen and oxygen atoms in total. The van der Waals surface area contributed by atoms with E-state index in [4.69, 9.17) is 4.74 Å². The Kier molecular flexibility index (Phi) is 3.60. The molecule has 0 amide bonds. The molecule has 0 aliphatic heterocycles. The molecule has 18 heavy (non-hydrogen) atoms. The highest BCUT2D eigenvalue weighted by molar-refractivity contribution is 5.30. The number of aryl methyl sites for hydroxylation is 2. The van der Waals surface area contributed by atoms with Gasteiger partial charge in [0.25, 0.3) is 0 Å². The molecule has 0 aliphatic carbocycles. The van der Waals surface area contributed by atoms with Gasteiger partial charge < -0.3 is 4.74 Å². The van der Waals surface area contributed by atoms with Crippen molar-refractivity contribution in [2.45, 2.75) is 20.5 Å². The zero-order chi connectivity index (χ0) is 13.1. The summed E-state index contributed by atoms with van der Waals surface area (Å²) in [4.78, 5) is 0. The molecule has 0 spiro atoms. The summed E-state index contributed by atoms with van der Waals surface area (Å²) in [6.45, 7) is 3.85. The van der Waals surface area contributed by atoms with Gasteiger partial charge in [0.05, 0.1) is 0 Å². The van der Waals surface area contributed by atoms with Crippen LogP contribution in [0.2, 0.25) is 0 Å². The van der Waals surface area contributed by atoms with Crippen molar-refractivity contribution in [3.05, 3.63) is 64.7 Å². The molecule has 3 heteroatoms. The number of benzene rings is 2. The molecule has 94 valence electrons. The van der Waals surface area contributed by atoms with Crippen LogP contribution in [0, 0.1) is 25.5 Å². The highest BCUT2D eigenvalue weighted by Crippen LogP contribution is 2.20. The van der Waals surface area contributed by atoms with Crippen molar-refractivity contribution in [1.82, 2.24) is 0 Å². The van der Waals surface area contributed by atoms with E-state index < -0.39 is 11.6 Å². The van der Waals surface area contributed by atoms with E-state index in [9.17, 15) is 8.78 Å². The van der Waals surface area contributed by atoms with Crippen molar-refractivity contribution in [1.29, 1.82) is 0 Å². The Bertz CT molecular complexity index is 524. The molecule has 0 radical (unpaired) electrons. The summed E-state index contributed by atoms with van der Waals surface area (Å²) in [6.07, 6.45) is 0. The molecule has 0 unspecified atom stereocenters. The van der Waals surface area contributed by atoms with Gasteiger partial charge in [-0.2, -0.15) is 0 Å². The summed E-state index contributed by atoms with van der Waals surface area (Å²) in [5, 5.41) is 0. The van der Waals surface area contributed by atoms with Gasteiger partial charge in [0, 0.05) is 6.07 Å². The van der Waals surface area contributed by atoms with Gasteiger partial charge in [-0.3, -0.25) is 0 Å². The first-order valence-electron chi connectivity index (χ1n) is 5.70. The maximum Gasteiger partial charge on any atom is 0.162 e. The van der Waals surface area contributed by atoms with E-state index in [1.54, 1.807) is 0 Å². The Hall–Kier alpha value is -1.90. The van der Waals surface area contributed by atoms with E-state index in [0.29, 0.717) is 12.4 Å². The van der Waals surface area contributed by atoms with Crippen LogP contribution in [-0.2, 0) is 6.61 Å². The lowest BCUT2D eigenvalue weighted by molar-refractivity contribution is 0.303. The molecule has 0 atom stereocenters. The van der Waals surface area contributed by atoms with Crippen LogP contribution in [0.1, 0.15) is 16.7 Å². The second kappa shape index (κ2) is 5.17. The molecular formula is C15H14F2O. The summed E-state index contributed by atoms with van der Waals surface area (Å²) in [7, 11) is 0. The first-order valence-corrected chi connectivity index (χ1v) is 5.70. The minimum absolute atomic E-state index is 0.244. The average molecular weight is 248 g/mol. The minimum Gasteiger partial charge on any atom is -0.489 e. The van der Waals surface area contributed by atoms with Gasteiger partial charge in [-0.1, -0.05) is 29.8 Å². The highest BCUT2D eigenvalue weighted by atomic mass is 19.2. The van der Waals surface area contributed by atoms with Crippen LogP contribution in [0.3, 0.4) is 0 Å². The van der Waals surface area contributed by atoms with E-state index >= 15 is 0 Å². The lowest BCUT2D eigenvalue weighted by atomic mass is 10.2. The Balaban J connectivity index is 2.08. The zero-order valence-electron chi connectivity index (χ0n) is 10.3. The topological polar surface area (TPSA) is 9.23 Å². The van der Waals surface area contributed by atoms with Gasteiger partial charge in [0.2, 0.25) is 0 Å². The summed E-state index contributed by atoms with van der Waals surface area (Å²) in [5.41, 5.74) is 2.40. The van der Waals surface area contributed by atoms with E-state index in [1.165, 1.54) is 18.6 Å². The van der Waals surface area contributed by atoms with Gasteiger partial charge in [0.1, 0.15) is 12.4 Å². The van der Waals surface area contributed by atoms with E-state index in [1.807, 2.05) is 31.2 Å². The van der Waals surface area contributed by atoms with Gasteiger partial charge in [-0.05, 0) is 31.0 Å². The van der Waals surface area contributed by atoms with Gasteiger partial charge in [-0.25, -0.2) is 8.78 Å². The Morgan fingerprint density at radius 2 is 1.67 bits per heavy atom. The van der Waals surface area contributed by atoms with Gasteiger partial charge in [0.15, 0.2) is 11.6 Å². The van der Waals surface area contributed by atoms with Crippen LogP contribution < -0.4 is 4.74 Å². The fourth-order valence-corrected chi connectivity index (χ4v) is 1.63. The molecule has 2 rings (SSSR count). The smallest absolute Gasteiger partial charge is 0.162 e. The van der Waals surface area contributed by atoms with Gasteiger partial charge in [-0.15, -0.1) is 0 Å². The summed E-state index contributed by atoms with van der Waals surface area (Å²) in [6, 6.07) is 10.4. The van der Waals surface area contributed by atoms with Crippen LogP contribution in [0.4, 0.5) is 8.78 Å². The largest absolute Gasteiger partial charge is 0.489 e. The lowest BCUT2D eigenvalue weighted by Crippen LogP contribution is -1.98. The van der Waals surface area contributed by atoms with Crippen LogP contribution in [-0.4, -0.2) is 0 Å². The number of rotatable bonds is 3. The second-order valence-corrected chi connectivity index (χ2v) is 4.31. The van der Waals surface area contributed by atoms with E-state index in [-0.39, 0.29) is 5.56 Å². The standard InChI is InChI=1S/C15H14F2O/c1-10-3-5-12(6-4-10)9-18-13-7-11(2)15(17)14(16)8-13/h3-8H,9H2,1-2H3. The van der Waals surface area contributed by atoms with Crippen LogP contribution in [0.25, 0.3) is 0 Å². The molecule has 0 saturated carbocycles. The predicted molar refractivity (Wildman–Crippen MR) is 66.6 cm³/mol. The summed E-state index contributed by atoms with van der Waals surface area (Å²) in [5.74, 6) is -1.36. The number of halogens is 2. The van der Waals surface area contributed by atoms with Crippen molar-refractivity contribution in [2.24, 2.45) is 0 Å². The van der Waals surface area contributed by atoms with Crippen molar-refractivity contribution in [3.63, 3.8) is 0 Å². The molecule has 0 aromatic heterocycles. The number of hydrogen-bond acceptors (Lipinski definition) is 1. The minimum atomic E-state index is -0.881. The third kappa shape index (κ3) is 2.86. The molecule has 0 aliphatic rings. The van der Waals surface area contributed by atoms with Crippen molar-refractivity contribution >= 4 is 0 Å². The first-order chi connectivity index (χ1) is 8.56. The SMILES string of the molecule is Cc1ccc(COc2cc(C)c(F)c(F)c2)cc1. The zero-order valence-corrected chi connectivity index (χ0v) is 10.3. The molecule has 2 aromatic rings. The fraction of sp³-hybridized carbons (Fsp3) is 0.200. The van der Waals surface area contributed by atoms with Crippen molar-refractivity contribution in [3.8, 4) is 5.75 Å². The quantitative estimate of drug-likeness (QED) is 0.792. The van der Waals surface area contributed by atoms with Crippen LogP contribution in [0.5, 0.6) is 5.75 Å². The predicted octanol–water partition coefficient (Wildman–Crippen LogP) is 4.16. The molecule has 2 aromatic carbocycles. The molecule has 0 fully saturated rings. The van der Waals surface area contributed by atoms with E-state index in [2.05, 4.69) is 0 Å². The Morgan fingerprint density at radius 1 is 1.00 bits per heavy atom. The van der Waals surface area contributed by atoms with Crippen molar-refractivity contribution in [2.75, 3.05) is 0 Å². The Morgan fingerprint density at radius 3 is 2.28 bits per heavy atom. The second-order valence-electron chi connectivity index (χ2n) is 4.31. The fourth-order valence-electron chi connectivity index (χ4n) is 1.63. The van der Waals surface area contributed by atoms with Gasteiger partial charge >= 0.3 is 0 Å². The highest BCUT2D eigenvalue weighted by Gasteiger charge is 2.08. The van der Waals surface area contributed by atoms with Crippen molar-refractivity contribution < 1.29 is 13.5 Å². The summed E-state index contributed by atoms with van der Waals surface area (Å²) < 4.78 is 31.7. The maximum atomic E-state index is 13.2. The maximum absolute atomic E-state index is 13.2. The third-order valence-corrected chi connectivity index (χ3v) is 2.71. The molecule has 0 heterocycles. The number of hydrogen-bond donors (Lipinski definition) is 0. The molecule has 0 N–H and O–H groups in total. The third-order valence-electron chi connectivity index (χ3n) is 2.71. The molecular weight excluding hydrogens is 234 g/mol. The first kappa shape index (κ1) is 12.6. The lowest BCUT2D eigenvalue weighted by Gasteiger charge is -2.08. The molecule has 0 bridgehead atoms. The van der Waals surface area contributed by atoms with E-state index in [0.717, 1.165) is 11.6 Å². The number of ether oxygens (including phenoxy) is 1. The summed E-state index contributed by atoms with van der Waals surface area (Å²) >= 11 is 0. The van der Waals surface area contributed by atoms with Crippen LogP contribution in [0.15, 0.2) is 36.4 Å². The average Bonchev–Trinajstić information content (AvgIpc) is 2.35. The normalized spacial score (nSPS) is 10.4. The van der Waals surface area contributed by atoms with Crippen LogP contribution >= 0.6 is 0 Å². The molecule has 0 saturated heterocycles.